The van der Waals surface area contributed by atoms with E-state index >= 15 is 0 Å². The van der Waals surface area contributed by atoms with E-state index in [2.05, 4.69) is 10.4 Å². The summed E-state index contributed by atoms with van der Waals surface area (Å²) in [5.41, 5.74) is 2.16. The van der Waals surface area contributed by atoms with Crippen LogP contribution in [0.4, 0.5) is 5.69 Å². The zero-order chi connectivity index (χ0) is 20.9. The fourth-order valence-electron chi connectivity index (χ4n) is 2.66. The van der Waals surface area contributed by atoms with E-state index in [9.17, 15) is 13.2 Å². The predicted molar refractivity (Wildman–Crippen MR) is 110 cm³/mol. The number of primary sulfonamides is 1. The standard InChI is InChI=1S/C20H20N4O4S/c1-28-18-9-8-17(11-19(18)29(21,26)27)23-20(25)10-7-16-12-22-24(14-16)13-15-5-3-2-4-6-15/h2-12,14H,13H2,1H3,(H,23,25)(H2,21,26,27)/b10-7+. The van der Waals surface area contributed by atoms with Crippen LogP contribution in [0.5, 0.6) is 5.75 Å². The van der Waals surface area contributed by atoms with Crippen LogP contribution in [0.15, 0.2) is 71.9 Å². The molecule has 2 aromatic carbocycles. The fraction of sp³-hybridized carbons (Fsp3) is 0.100. The first kappa shape index (κ1) is 20.3. The zero-order valence-electron chi connectivity index (χ0n) is 15.6. The van der Waals surface area contributed by atoms with Gasteiger partial charge in [-0.25, -0.2) is 13.6 Å². The molecule has 3 N–H and O–H groups in total. The van der Waals surface area contributed by atoms with Gasteiger partial charge in [-0.3, -0.25) is 9.48 Å². The number of nitrogens with zero attached hydrogens (tertiary/aromatic N) is 2. The molecule has 0 aliphatic heterocycles. The highest BCUT2D eigenvalue weighted by molar-refractivity contribution is 7.89. The number of anilines is 1. The average Bonchev–Trinajstić information content (AvgIpc) is 3.14. The molecule has 0 radical (unpaired) electrons. The number of rotatable bonds is 7. The Labute approximate surface area is 168 Å². The van der Waals surface area contributed by atoms with Crippen molar-refractivity contribution in [1.29, 1.82) is 0 Å². The maximum absolute atomic E-state index is 12.2. The van der Waals surface area contributed by atoms with E-state index in [-0.39, 0.29) is 16.3 Å². The summed E-state index contributed by atoms with van der Waals surface area (Å²) in [7, 11) is -2.65. The van der Waals surface area contributed by atoms with Gasteiger partial charge in [-0.15, -0.1) is 0 Å². The van der Waals surface area contributed by atoms with E-state index in [1.807, 2.05) is 36.5 Å². The largest absolute Gasteiger partial charge is 0.495 e. The van der Waals surface area contributed by atoms with Crippen molar-refractivity contribution in [3.8, 4) is 5.75 Å². The van der Waals surface area contributed by atoms with Crippen molar-refractivity contribution in [3.05, 3.63) is 78.1 Å². The number of nitrogens with two attached hydrogens (primary N) is 1. The zero-order valence-corrected chi connectivity index (χ0v) is 16.5. The third kappa shape index (κ3) is 5.53. The smallest absolute Gasteiger partial charge is 0.248 e. The number of nitrogens with one attached hydrogen (secondary N) is 1. The summed E-state index contributed by atoms with van der Waals surface area (Å²) in [6.07, 6.45) is 6.43. The predicted octanol–water partition coefficient (Wildman–Crippen LogP) is 2.24. The lowest BCUT2D eigenvalue weighted by Gasteiger charge is -2.09. The van der Waals surface area contributed by atoms with Crippen molar-refractivity contribution in [2.45, 2.75) is 11.4 Å². The number of amides is 1. The summed E-state index contributed by atoms with van der Waals surface area (Å²) in [6, 6.07) is 14.1. The Balaban J connectivity index is 1.66. The molecule has 150 valence electrons. The van der Waals surface area contributed by atoms with Crippen LogP contribution in [0, 0.1) is 0 Å². The molecule has 0 unspecified atom stereocenters. The van der Waals surface area contributed by atoms with E-state index in [1.165, 1.54) is 31.4 Å². The molecular formula is C20H20N4O4S. The fourth-order valence-corrected chi connectivity index (χ4v) is 3.38. The van der Waals surface area contributed by atoms with Crippen LogP contribution in [0.3, 0.4) is 0 Å². The lowest BCUT2D eigenvalue weighted by Crippen LogP contribution is -2.15. The molecule has 0 aliphatic carbocycles. The highest BCUT2D eigenvalue weighted by Gasteiger charge is 2.16. The normalized spacial score (nSPS) is 11.5. The van der Waals surface area contributed by atoms with Crippen LogP contribution in [0.2, 0.25) is 0 Å². The van der Waals surface area contributed by atoms with Gasteiger partial charge >= 0.3 is 0 Å². The average molecular weight is 412 g/mol. The summed E-state index contributed by atoms with van der Waals surface area (Å²) < 4.78 is 30.1. The van der Waals surface area contributed by atoms with Crippen molar-refractivity contribution in [2.24, 2.45) is 5.14 Å². The molecule has 0 fully saturated rings. The molecule has 8 nitrogen and oxygen atoms in total. The first-order valence-electron chi connectivity index (χ1n) is 8.61. The number of carbonyl (C=O) groups is 1. The number of sulfonamides is 1. The molecule has 9 heteroatoms. The Kier molecular flexibility index (Phi) is 6.10. The highest BCUT2D eigenvalue weighted by Crippen LogP contribution is 2.26. The second kappa shape index (κ2) is 8.72. The van der Waals surface area contributed by atoms with E-state index in [0.717, 1.165) is 11.1 Å². The van der Waals surface area contributed by atoms with Crippen LogP contribution in [0.25, 0.3) is 6.08 Å². The molecular weight excluding hydrogens is 392 g/mol. The molecule has 1 heterocycles. The maximum Gasteiger partial charge on any atom is 0.248 e. The number of ether oxygens (including phenoxy) is 1. The molecule has 1 amide bonds. The second-order valence-electron chi connectivity index (χ2n) is 6.19. The third-order valence-corrected chi connectivity index (χ3v) is 4.94. The van der Waals surface area contributed by atoms with Crippen molar-refractivity contribution in [2.75, 3.05) is 12.4 Å². The van der Waals surface area contributed by atoms with E-state index in [4.69, 9.17) is 9.88 Å². The molecule has 1 aromatic heterocycles. The van der Waals surface area contributed by atoms with Crippen molar-refractivity contribution in [1.82, 2.24) is 9.78 Å². The Morgan fingerprint density at radius 3 is 2.69 bits per heavy atom. The van der Waals surface area contributed by atoms with Gasteiger partial charge in [0.1, 0.15) is 10.6 Å². The van der Waals surface area contributed by atoms with Crippen molar-refractivity contribution in [3.63, 3.8) is 0 Å². The minimum atomic E-state index is -3.99. The monoisotopic (exact) mass is 412 g/mol. The molecule has 0 bridgehead atoms. The minimum Gasteiger partial charge on any atom is -0.495 e. The molecule has 0 aliphatic rings. The third-order valence-electron chi connectivity index (χ3n) is 4.01. The lowest BCUT2D eigenvalue weighted by molar-refractivity contribution is -0.111. The Bertz CT molecular complexity index is 1140. The van der Waals surface area contributed by atoms with Gasteiger partial charge in [0.25, 0.3) is 0 Å². The highest BCUT2D eigenvalue weighted by atomic mass is 32.2. The Hall–Kier alpha value is -3.43. The first-order chi connectivity index (χ1) is 13.8. The Morgan fingerprint density at radius 2 is 2.00 bits per heavy atom. The summed E-state index contributed by atoms with van der Waals surface area (Å²) in [4.78, 5) is 12.0. The van der Waals surface area contributed by atoms with Gasteiger partial charge in [-0.2, -0.15) is 5.10 Å². The number of aromatic nitrogens is 2. The van der Waals surface area contributed by atoms with Crippen LogP contribution in [0.1, 0.15) is 11.1 Å². The van der Waals surface area contributed by atoms with Gasteiger partial charge < -0.3 is 10.1 Å². The second-order valence-corrected chi connectivity index (χ2v) is 7.72. The topological polar surface area (TPSA) is 116 Å². The van der Waals surface area contributed by atoms with Crippen LogP contribution >= 0.6 is 0 Å². The molecule has 29 heavy (non-hydrogen) atoms. The SMILES string of the molecule is COc1ccc(NC(=O)/C=C/c2cnn(Cc3ccccc3)c2)cc1S(N)(=O)=O. The number of benzene rings is 2. The summed E-state index contributed by atoms with van der Waals surface area (Å²) in [6.45, 7) is 0.628. The molecule has 0 saturated heterocycles. The van der Waals surface area contributed by atoms with Gasteiger partial charge in [-0.05, 0) is 29.8 Å². The number of methoxy groups -OCH3 is 1. The van der Waals surface area contributed by atoms with Gasteiger partial charge in [0, 0.05) is 23.5 Å². The summed E-state index contributed by atoms with van der Waals surface area (Å²) in [5, 5.41) is 12.0. The van der Waals surface area contributed by atoms with Crippen molar-refractivity contribution >= 4 is 27.7 Å². The first-order valence-corrected chi connectivity index (χ1v) is 10.2. The number of carbonyl (C=O) groups excluding carboxylic acids is 1. The van der Waals surface area contributed by atoms with E-state index < -0.39 is 15.9 Å². The number of hydrogen-bond donors (Lipinski definition) is 2. The van der Waals surface area contributed by atoms with Crippen LogP contribution < -0.4 is 15.2 Å². The van der Waals surface area contributed by atoms with Gasteiger partial charge in [-0.1, -0.05) is 30.3 Å². The minimum absolute atomic E-state index is 0.104. The number of hydrogen-bond acceptors (Lipinski definition) is 5. The summed E-state index contributed by atoms with van der Waals surface area (Å²) in [5.74, 6) is -0.321. The quantitative estimate of drug-likeness (QED) is 0.577. The lowest BCUT2D eigenvalue weighted by atomic mass is 10.2. The maximum atomic E-state index is 12.2. The molecule has 3 aromatic rings. The Morgan fingerprint density at radius 1 is 1.24 bits per heavy atom. The van der Waals surface area contributed by atoms with Crippen LogP contribution in [-0.4, -0.2) is 31.2 Å². The van der Waals surface area contributed by atoms with E-state index in [1.54, 1.807) is 17.0 Å². The van der Waals surface area contributed by atoms with Crippen LogP contribution in [-0.2, 0) is 21.4 Å². The van der Waals surface area contributed by atoms with Gasteiger partial charge in [0.15, 0.2) is 0 Å². The van der Waals surface area contributed by atoms with Crippen molar-refractivity contribution < 1.29 is 17.9 Å². The molecule has 3 rings (SSSR count). The van der Waals surface area contributed by atoms with Gasteiger partial charge in [0.05, 0.1) is 19.9 Å². The molecule has 0 saturated carbocycles. The molecule has 0 spiro atoms. The molecule has 0 atom stereocenters. The van der Waals surface area contributed by atoms with Gasteiger partial charge in [0.2, 0.25) is 15.9 Å². The summed E-state index contributed by atoms with van der Waals surface area (Å²) >= 11 is 0. The van der Waals surface area contributed by atoms with E-state index in [0.29, 0.717) is 6.54 Å².